The van der Waals surface area contributed by atoms with Crippen molar-refractivity contribution < 1.29 is 23.1 Å². The van der Waals surface area contributed by atoms with Gasteiger partial charge in [0.1, 0.15) is 11.9 Å². The summed E-state index contributed by atoms with van der Waals surface area (Å²) in [7, 11) is -3.63. The van der Waals surface area contributed by atoms with Crippen LogP contribution in [0.15, 0.2) is 34.2 Å². The number of rotatable bonds is 6. The van der Waals surface area contributed by atoms with Crippen molar-refractivity contribution in [2.45, 2.75) is 44.2 Å². The maximum atomic E-state index is 12.0. The second-order valence-electron chi connectivity index (χ2n) is 6.26. The zero-order valence-electron chi connectivity index (χ0n) is 14.2. The smallest absolute Gasteiger partial charge is 0.326 e. The van der Waals surface area contributed by atoms with Crippen LogP contribution < -0.4 is 10.0 Å². The highest BCUT2D eigenvalue weighted by molar-refractivity contribution is 7.90. The number of nitrogens with zero attached hydrogens (tertiary/aromatic N) is 1. The lowest BCUT2D eigenvalue weighted by Gasteiger charge is -2.18. The lowest BCUT2D eigenvalue weighted by Crippen LogP contribution is -2.45. The Labute approximate surface area is 146 Å². The molecule has 8 nitrogen and oxygen atoms in total. The van der Waals surface area contributed by atoms with Crippen molar-refractivity contribution in [2.24, 2.45) is 10.9 Å². The number of carbonyl (C=O) groups excluding carboxylic acids is 1. The van der Waals surface area contributed by atoms with Crippen LogP contribution in [0.25, 0.3) is 0 Å². The molecule has 1 aromatic carbocycles. The average molecular weight is 367 g/mol. The number of carboxylic acid groups (broad SMARTS) is 1. The SMILES string of the molecule is CC(CC(=O)N[C@H](C(=O)O)C(C)C)N=C1NS(=O)(=O)c2ccccc21. The van der Waals surface area contributed by atoms with E-state index in [2.05, 4.69) is 15.0 Å². The standard InChI is InChI=1S/C16H21N3O5S/c1-9(2)14(16(21)22)18-13(20)8-10(3)17-15-11-6-4-5-7-12(11)25(23,24)19-15/h4-7,9-10,14H,8H2,1-3H3,(H,17,19)(H,18,20)(H,21,22)/t10?,14-/m0/s1. The average Bonchev–Trinajstić information content (AvgIpc) is 2.75. The van der Waals surface area contributed by atoms with Gasteiger partial charge in [0, 0.05) is 12.0 Å². The third-order valence-corrected chi connectivity index (χ3v) is 5.14. The number of amides is 1. The van der Waals surface area contributed by atoms with Crippen LogP contribution in [0.5, 0.6) is 0 Å². The molecule has 0 fully saturated rings. The van der Waals surface area contributed by atoms with Gasteiger partial charge in [-0.05, 0) is 25.0 Å². The second-order valence-corrected chi connectivity index (χ2v) is 7.91. The first-order valence-corrected chi connectivity index (χ1v) is 9.32. The van der Waals surface area contributed by atoms with E-state index < -0.39 is 34.0 Å². The van der Waals surface area contributed by atoms with Crippen LogP contribution >= 0.6 is 0 Å². The molecule has 0 bridgehead atoms. The highest BCUT2D eigenvalue weighted by atomic mass is 32.2. The molecule has 9 heteroatoms. The summed E-state index contributed by atoms with van der Waals surface area (Å²) < 4.78 is 26.4. The number of carboxylic acids is 1. The summed E-state index contributed by atoms with van der Waals surface area (Å²) in [6, 6.07) is 4.95. The number of nitrogens with one attached hydrogen (secondary N) is 2. The van der Waals surface area contributed by atoms with Crippen LogP contribution in [-0.4, -0.2) is 43.3 Å². The van der Waals surface area contributed by atoms with E-state index in [0.717, 1.165) is 0 Å². The molecule has 136 valence electrons. The summed E-state index contributed by atoms with van der Waals surface area (Å²) >= 11 is 0. The molecule has 1 heterocycles. The van der Waals surface area contributed by atoms with Crippen molar-refractivity contribution in [1.29, 1.82) is 0 Å². The molecule has 25 heavy (non-hydrogen) atoms. The van der Waals surface area contributed by atoms with Crippen molar-refractivity contribution in [3.63, 3.8) is 0 Å². The summed E-state index contributed by atoms with van der Waals surface area (Å²) in [6.07, 6.45) is -0.0517. The number of sulfonamides is 1. The van der Waals surface area contributed by atoms with E-state index >= 15 is 0 Å². The minimum Gasteiger partial charge on any atom is -0.480 e. The minimum atomic E-state index is -3.63. The Hall–Kier alpha value is -2.42. The number of aliphatic imine (C=N–C) groups is 1. The summed E-state index contributed by atoms with van der Waals surface area (Å²) in [5, 5.41) is 11.6. The van der Waals surface area contributed by atoms with Gasteiger partial charge in [-0.2, -0.15) is 0 Å². The van der Waals surface area contributed by atoms with Crippen molar-refractivity contribution in [3.8, 4) is 0 Å². The Morgan fingerprint density at radius 2 is 1.88 bits per heavy atom. The zero-order valence-corrected chi connectivity index (χ0v) is 15.0. The fraction of sp³-hybridized carbons (Fsp3) is 0.438. The van der Waals surface area contributed by atoms with Gasteiger partial charge in [-0.25, -0.2) is 13.2 Å². The first kappa shape index (κ1) is 18.9. The molecule has 0 saturated carbocycles. The van der Waals surface area contributed by atoms with E-state index in [1.807, 2.05) is 0 Å². The predicted molar refractivity (Wildman–Crippen MR) is 91.8 cm³/mol. The minimum absolute atomic E-state index is 0.0517. The first-order valence-electron chi connectivity index (χ1n) is 7.84. The molecule has 0 saturated heterocycles. The van der Waals surface area contributed by atoms with E-state index in [1.54, 1.807) is 39.0 Å². The van der Waals surface area contributed by atoms with Crippen molar-refractivity contribution >= 4 is 27.7 Å². The van der Waals surface area contributed by atoms with Gasteiger partial charge < -0.3 is 10.4 Å². The van der Waals surface area contributed by atoms with Crippen molar-refractivity contribution in [3.05, 3.63) is 29.8 Å². The van der Waals surface area contributed by atoms with Crippen LogP contribution in [0.1, 0.15) is 32.8 Å². The maximum Gasteiger partial charge on any atom is 0.326 e. The first-order chi connectivity index (χ1) is 11.6. The quantitative estimate of drug-likeness (QED) is 0.683. The molecule has 1 amide bonds. The molecule has 1 unspecified atom stereocenters. The summed E-state index contributed by atoms with van der Waals surface area (Å²) in [5.41, 5.74) is 0.459. The third-order valence-electron chi connectivity index (χ3n) is 3.74. The summed E-state index contributed by atoms with van der Waals surface area (Å²) in [6.45, 7) is 5.06. The Kier molecular flexibility index (Phi) is 5.46. The number of carbonyl (C=O) groups is 2. The highest BCUT2D eigenvalue weighted by Gasteiger charge is 2.31. The molecule has 1 aliphatic rings. The van der Waals surface area contributed by atoms with Gasteiger partial charge >= 0.3 is 5.97 Å². The number of amidine groups is 1. The van der Waals surface area contributed by atoms with Gasteiger partial charge in [0.05, 0.1) is 10.9 Å². The molecular formula is C16H21N3O5S. The molecule has 3 N–H and O–H groups in total. The molecule has 2 rings (SSSR count). The highest BCUT2D eigenvalue weighted by Crippen LogP contribution is 2.22. The number of benzene rings is 1. The Morgan fingerprint density at radius 3 is 2.48 bits per heavy atom. The van der Waals surface area contributed by atoms with Gasteiger partial charge in [0.15, 0.2) is 0 Å². The van der Waals surface area contributed by atoms with Crippen LogP contribution in [0.4, 0.5) is 0 Å². The lowest BCUT2D eigenvalue weighted by molar-refractivity contribution is -0.143. The normalized spacial score (nSPS) is 19.1. The van der Waals surface area contributed by atoms with E-state index in [1.165, 1.54) is 6.07 Å². The largest absolute Gasteiger partial charge is 0.480 e. The molecule has 0 spiro atoms. The van der Waals surface area contributed by atoms with Crippen LogP contribution in [0.3, 0.4) is 0 Å². The molecule has 0 aliphatic carbocycles. The number of hydrogen-bond donors (Lipinski definition) is 3. The predicted octanol–water partition coefficient (Wildman–Crippen LogP) is 0.729. The molecular weight excluding hydrogens is 346 g/mol. The molecule has 0 radical (unpaired) electrons. The fourth-order valence-electron chi connectivity index (χ4n) is 2.51. The topological polar surface area (TPSA) is 125 Å². The van der Waals surface area contributed by atoms with Gasteiger partial charge in [0.2, 0.25) is 5.91 Å². The van der Waals surface area contributed by atoms with E-state index in [0.29, 0.717) is 5.56 Å². The van der Waals surface area contributed by atoms with E-state index in [-0.39, 0.29) is 23.1 Å². The number of aliphatic carboxylic acids is 1. The maximum absolute atomic E-state index is 12.0. The van der Waals surface area contributed by atoms with Gasteiger partial charge in [-0.3, -0.25) is 14.5 Å². The van der Waals surface area contributed by atoms with Crippen LogP contribution in [0.2, 0.25) is 0 Å². The second kappa shape index (κ2) is 7.22. The van der Waals surface area contributed by atoms with Crippen molar-refractivity contribution in [1.82, 2.24) is 10.0 Å². The Bertz CT molecular complexity index is 817. The monoisotopic (exact) mass is 367 g/mol. The Balaban J connectivity index is 2.10. The van der Waals surface area contributed by atoms with Gasteiger partial charge in [-0.15, -0.1) is 0 Å². The molecule has 0 aromatic heterocycles. The molecule has 1 aromatic rings. The number of hydrogen-bond acceptors (Lipinski definition) is 5. The lowest BCUT2D eigenvalue weighted by atomic mass is 10.0. The Morgan fingerprint density at radius 1 is 1.24 bits per heavy atom. The van der Waals surface area contributed by atoms with Gasteiger partial charge in [0.25, 0.3) is 10.0 Å². The van der Waals surface area contributed by atoms with Gasteiger partial charge in [-0.1, -0.05) is 26.0 Å². The summed E-state index contributed by atoms with van der Waals surface area (Å²) in [5.74, 6) is -1.61. The summed E-state index contributed by atoms with van der Waals surface area (Å²) in [4.78, 5) is 27.6. The van der Waals surface area contributed by atoms with Crippen LogP contribution in [0, 0.1) is 5.92 Å². The fourth-order valence-corrected chi connectivity index (χ4v) is 3.75. The zero-order chi connectivity index (χ0) is 18.8. The molecule has 1 aliphatic heterocycles. The third kappa shape index (κ3) is 4.36. The molecule has 2 atom stereocenters. The number of fused-ring (bicyclic) bond motifs is 1. The van der Waals surface area contributed by atoms with Crippen molar-refractivity contribution in [2.75, 3.05) is 0 Å². The van der Waals surface area contributed by atoms with Crippen LogP contribution in [-0.2, 0) is 19.6 Å². The van der Waals surface area contributed by atoms with E-state index in [9.17, 15) is 18.0 Å². The van der Waals surface area contributed by atoms with E-state index in [4.69, 9.17) is 5.11 Å².